The van der Waals surface area contributed by atoms with E-state index in [4.69, 9.17) is 4.74 Å². The van der Waals surface area contributed by atoms with Crippen molar-refractivity contribution in [3.63, 3.8) is 0 Å². The third kappa shape index (κ3) is 5.87. The number of amides is 1. The van der Waals surface area contributed by atoms with Gasteiger partial charge in [0.15, 0.2) is 0 Å². The van der Waals surface area contributed by atoms with Crippen molar-refractivity contribution in [2.75, 3.05) is 20.1 Å². The molecule has 1 aliphatic carbocycles. The van der Waals surface area contributed by atoms with Gasteiger partial charge in [0.2, 0.25) is 0 Å². The van der Waals surface area contributed by atoms with Gasteiger partial charge in [-0.3, -0.25) is 0 Å². The molecule has 1 fully saturated rings. The third-order valence-electron chi connectivity index (χ3n) is 4.22. The highest BCUT2D eigenvalue weighted by molar-refractivity contribution is 5.67. The van der Waals surface area contributed by atoms with Crippen LogP contribution in [0.4, 0.5) is 4.79 Å². The zero-order valence-electron chi connectivity index (χ0n) is 14.8. The standard InChI is InChI=1S/C19H30N2O2/c1-19(2,3)23-18(22)21(4)12-8-11-20-17-13-16(14-17)15-9-6-5-7-10-15/h5-7,9-10,16-17,20H,8,11-14H2,1-4H3. The summed E-state index contributed by atoms with van der Waals surface area (Å²) in [5, 5.41) is 3.58. The zero-order valence-corrected chi connectivity index (χ0v) is 14.8. The average Bonchev–Trinajstić information content (AvgIpc) is 2.44. The molecule has 1 amide bonds. The van der Waals surface area contributed by atoms with Crippen LogP contribution < -0.4 is 5.32 Å². The van der Waals surface area contributed by atoms with Gasteiger partial charge in [-0.05, 0) is 58.1 Å². The fraction of sp³-hybridized carbons (Fsp3) is 0.632. The largest absolute Gasteiger partial charge is 0.444 e. The van der Waals surface area contributed by atoms with E-state index < -0.39 is 5.60 Å². The fourth-order valence-corrected chi connectivity index (χ4v) is 2.84. The van der Waals surface area contributed by atoms with E-state index in [1.165, 1.54) is 18.4 Å². The molecule has 0 bridgehead atoms. The lowest BCUT2D eigenvalue weighted by Gasteiger charge is -2.36. The average molecular weight is 318 g/mol. The zero-order chi connectivity index (χ0) is 16.9. The van der Waals surface area contributed by atoms with Crippen molar-refractivity contribution in [1.29, 1.82) is 0 Å². The van der Waals surface area contributed by atoms with Gasteiger partial charge in [-0.1, -0.05) is 30.3 Å². The number of rotatable bonds is 6. The molecular formula is C19H30N2O2. The molecule has 1 N–H and O–H groups in total. The number of hydrogen-bond acceptors (Lipinski definition) is 3. The molecule has 2 rings (SSSR count). The summed E-state index contributed by atoms with van der Waals surface area (Å²) < 4.78 is 5.34. The van der Waals surface area contributed by atoms with Crippen molar-refractivity contribution >= 4 is 6.09 Å². The quantitative estimate of drug-likeness (QED) is 0.812. The Morgan fingerprint density at radius 1 is 1.26 bits per heavy atom. The Morgan fingerprint density at radius 2 is 1.91 bits per heavy atom. The molecule has 1 saturated carbocycles. The Kier molecular flexibility index (Phi) is 6.05. The predicted octanol–water partition coefficient (Wildman–Crippen LogP) is 3.78. The minimum absolute atomic E-state index is 0.245. The van der Waals surface area contributed by atoms with Crippen LogP contribution in [0.15, 0.2) is 30.3 Å². The minimum atomic E-state index is -0.429. The van der Waals surface area contributed by atoms with Gasteiger partial charge >= 0.3 is 6.09 Å². The normalized spacial score (nSPS) is 20.7. The van der Waals surface area contributed by atoms with Crippen molar-refractivity contribution in [3.05, 3.63) is 35.9 Å². The fourth-order valence-electron chi connectivity index (χ4n) is 2.84. The van der Waals surface area contributed by atoms with E-state index in [2.05, 4.69) is 35.6 Å². The number of carbonyl (C=O) groups excluding carboxylic acids is 1. The summed E-state index contributed by atoms with van der Waals surface area (Å²) in [4.78, 5) is 13.5. The highest BCUT2D eigenvalue weighted by Crippen LogP contribution is 2.36. The molecule has 0 unspecified atom stereocenters. The van der Waals surface area contributed by atoms with E-state index in [9.17, 15) is 4.79 Å². The number of carbonyl (C=O) groups is 1. The van der Waals surface area contributed by atoms with Gasteiger partial charge in [0, 0.05) is 19.6 Å². The van der Waals surface area contributed by atoms with Crippen molar-refractivity contribution in [3.8, 4) is 0 Å². The van der Waals surface area contributed by atoms with Gasteiger partial charge in [-0.25, -0.2) is 4.79 Å². The van der Waals surface area contributed by atoms with Gasteiger partial charge in [0.1, 0.15) is 5.60 Å². The first-order chi connectivity index (χ1) is 10.8. The van der Waals surface area contributed by atoms with Crippen LogP contribution in [0.2, 0.25) is 0 Å². The maximum Gasteiger partial charge on any atom is 0.410 e. The predicted molar refractivity (Wildman–Crippen MR) is 93.7 cm³/mol. The second kappa shape index (κ2) is 7.82. The maximum atomic E-state index is 11.8. The number of benzene rings is 1. The molecule has 1 aromatic carbocycles. The highest BCUT2D eigenvalue weighted by atomic mass is 16.6. The summed E-state index contributed by atoms with van der Waals surface area (Å²) in [7, 11) is 1.79. The Labute approximate surface area is 140 Å². The molecule has 4 nitrogen and oxygen atoms in total. The number of ether oxygens (including phenoxy) is 1. The summed E-state index contributed by atoms with van der Waals surface area (Å²) in [6.07, 6.45) is 3.13. The number of nitrogens with one attached hydrogen (secondary N) is 1. The van der Waals surface area contributed by atoms with E-state index in [1.54, 1.807) is 11.9 Å². The minimum Gasteiger partial charge on any atom is -0.444 e. The third-order valence-corrected chi connectivity index (χ3v) is 4.22. The molecule has 23 heavy (non-hydrogen) atoms. The first-order valence-electron chi connectivity index (χ1n) is 8.57. The first-order valence-corrected chi connectivity index (χ1v) is 8.57. The summed E-state index contributed by atoms with van der Waals surface area (Å²) in [5.74, 6) is 0.707. The van der Waals surface area contributed by atoms with Gasteiger partial charge < -0.3 is 15.0 Å². The summed E-state index contributed by atoms with van der Waals surface area (Å²) in [6.45, 7) is 7.33. The van der Waals surface area contributed by atoms with Crippen LogP contribution in [0.25, 0.3) is 0 Å². The van der Waals surface area contributed by atoms with Crippen molar-refractivity contribution in [1.82, 2.24) is 10.2 Å². The SMILES string of the molecule is CN(CCCNC1CC(c2ccccc2)C1)C(=O)OC(C)(C)C. The van der Waals surface area contributed by atoms with Gasteiger partial charge in [-0.2, -0.15) is 0 Å². The molecular weight excluding hydrogens is 288 g/mol. The Balaban J connectivity index is 1.56. The molecule has 0 aromatic heterocycles. The van der Waals surface area contributed by atoms with E-state index in [-0.39, 0.29) is 6.09 Å². The van der Waals surface area contributed by atoms with Crippen LogP contribution in [-0.4, -0.2) is 42.8 Å². The van der Waals surface area contributed by atoms with Crippen LogP contribution in [0, 0.1) is 0 Å². The van der Waals surface area contributed by atoms with Crippen molar-refractivity contribution < 1.29 is 9.53 Å². The lowest BCUT2D eigenvalue weighted by molar-refractivity contribution is 0.0297. The second-order valence-electron chi connectivity index (χ2n) is 7.49. The molecule has 0 heterocycles. The first kappa shape index (κ1) is 17.8. The number of nitrogens with zero attached hydrogens (tertiary/aromatic N) is 1. The number of hydrogen-bond donors (Lipinski definition) is 1. The summed E-state index contributed by atoms with van der Waals surface area (Å²) >= 11 is 0. The molecule has 0 radical (unpaired) electrons. The maximum absolute atomic E-state index is 11.8. The van der Waals surface area contributed by atoms with Crippen LogP contribution in [0.5, 0.6) is 0 Å². The monoisotopic (exact) mass is 318 g/mol. The Hall–Kier alpha value is -1.55. The van der Waals surface area contributed by atoms with E-state index in [0.29, 0.717) is 12.0 Å². The van der Waals surface area contributed by atoms with Crippen molar-refractivity contribution in [2.45, 2.75) is 57.6 Å². The van der Waals surface area contributed by atoms with Crippen LogP contribution in [0.1, 0.15) is 51.5 Å². The van der Waals surface area contributed by atoms with Crippen LogP contribution in [-0.2, 0) is 4.74 Å². The van der Waals surface area contributed by atoms with Gasteiger partial charge in [0.05, 0.1) is 0 Å². The summed E-state index contributed by atoms with van der Waals surface area (Å²) in [6, 6.07) is 11.4. The molecule has 0 spiro atoms. The van der Waals surface area contributed by atoms with Crippen molar-refractivity contribution in [2.24, 2.45) is 0 Å². The summed E-state index contributed by atoms with van der Waals surface area (Å²) in [5.41, 5.74) is 1.03. The Morgan fingerprint density at radius 3 is 2.52 bits per heavy atom. The lowest BCUT2D eigenvalue weighted by Crippen LogP contribution is -2.41. The van der Waals surface area contributed by atoms with Gasteiger partial charge in [-0.15, -0.1) is 0 Å². The van der Waals surface area contributed by atoms with E-state index in [1.807, 2.05) is 20.8 Å². The molecule has 4 heteroatoms. The van der Waals surface area contributed by atoms with Crippen LogP contribution in [0.3, 0.4) is 0 Å². The lowest BCUT2D eigenvalue weighted by atomic mass is 9.76. The van der Waals surface area contributed by atoms with E-state index >= 15 is 0 Å². The molecule has 0 aliphatic heterocycles. The smallest absolute Gasteiger partial charge is 0.410 e. The molecule has 0 atom stereocenters. The topological polar surface area (TPSA) is 41.6 Å². The molecule has 1 aliphatic rings. The molecule has 128 valence electrons. The van der Waals surface area contributed by atoms with Crippen LogP contribution >= 0.6 is 0 Å². The second-order valence-corrected chi connectivity index (χ2v) is 7.49. The molecule has 1 aromatic rings. The Bertz CT molecular complexity index is 490. The van der Waals surface area contributed by atoms with Gasteiger partial charge in [0.25, 0.3) is 0 Å². The van der Waals surface area contributed by atoms with E-state index in [0.717, 1.165) is 19.5 Å². The molecule has 0 saturated heterocycles. The highest BCUT2D eigenvalue weighted by Gasteiger charge is 2.29.